The minimum atomic E-state index is -3.16. The summed E-state index contributed by atoms with van der Waals surface area (Å²) in [4.78, 5) is 17.8. The van der Waals surface area contributed by atoms with Gasteiger partial charge in [0, 0.05) is 11.7 Å². The zero-order valence-corrected chi connectivity index (χ0v) is 15.1. The normalized spacial score (nSPS) is 27.0. The van der Waals surface area contributed by atoms with Crippen molar-refractivity contribution in [1.29, 1.82) is 0 Å². The number of carbonyl (C=O) groups excluding carboxylic acids is 1. The van der Waals surface area contributed by atoms with Crippen molar-refractivity contribution in [3.8, 4) is 0 Å². The number of benzene rings is 1. The standard InChI is InChI=1S/C16H19FN2O3S2/c1-10(2)7-15(20)18-16-19(12-6-4-3-5-11(12)17)13-8-24(21,22)9-14(13)23-16/h3-6,10,13-14H,7-9H2,1-2H3/t13-,14-/m0/s1. The molecule has 0 aliphatic carbocycles. The Kier molecular flexibility index (Phi) is 4.70. The van der Waals surface area contributed by atoms with Crippen LogP contribution in [0.15, 0.2) is 29.3 Å². The van der Waals surface area contributed by atoms with Gasteiger partial charge in [-0.05, 0) is 18.1 Å². The van der Waals surface area contributed by atoms with E-state index in [0.29, 0.717) is 11.6 Å². The topological polar surface area (TPSA) is 66.8 Å². The van der Waals surface area contributed by atoms with Gasteiger partial charge >= 0.3 is 0 Å². The predicted octanol–water partition coefficient (Wildman–Crippen LogP) is 2.47. The van der Waals surface area contributed by atoms with Crippen LogP contribution in [0, 0.1) is 11.7 Å². The number of amides is 1. The fourth-order valence-electron chi connectivity index (χ4n) is 2.99. The molecule has 2 saturated heterocycles. The second-order valence-corrected chi connectivity index (χ2v) is 9.87. The molecule has 24 heavy (non-hydrogen) atoms. The minimum absolute atomic E-state index is 0.0324. The van der Waals surface area contributed by atoms with Crippen molar-refractivity contribution in [3.63, 3.8) is 0 Å². The van der Waals surface area contributed by atoms with Crippen LogP contribution < -0.4 is 4.90 Å². The molecule has 1 aromatic rings. The van der Waals surface area contributed by atoms with Gasteiger partial charge in [-0.1, -0.05) is 37.7 Å². The maximum absolute atomic E-state index is 14.3. The maximum atomic E-state index is 14.3. The van der Waals surface area contributed by atoms with E-state index < -0.39 is 15.7 Å². The average molecular weight is 370 g/mol. The highest BCUT2D eigenvalue weighted by atomic mass is 32.2. The summed E-state index contributed by atoms with van der Waals surface area (Å²) in [7, 11) is -3.16. The number of halogens is 1. The highest BCUT2D eigenvalue weighted by molar-refractivity contribution is 8.16. The lowest BCUT2D eigenvalue weighted by atomic mass is 10.1. The number of carbonyl (C=O) groups is 1. The summed E-state index contributed by atoms with van der Waals surface area (Å²) in [6.45, 7) is 3.85. The smallest absolute Gasteiger partial charge is 0.248 e. The van der Waals surface area contributed by atoms with Gasteiger partial charge in [-0.15, -0.1) is 0 Å². The van der Waals surface area contributed by atoms with Crippen LogP contribution in [-0.4, -0.2) is 42.3 Å². The molecule has 5 nitrogen and oxygen atoms in total. The molecule has 0 radical (unpaired) electrons. The zero-order valence-electron chi connectivity index (χ0n) is 13.5. The number of fused-ring (bicyclic) bond motifs is 1. The number of thioether (sulfide) groups is 1. The molecule has 3 rings (SSSR count). The van der Waals surface area contributed by atoms with E-state index in [4.69, 9.17) is 0 Å². The molecule has 2 aliphatic heterocycles. The Morgan fingerprint density at radius 3 is 2.75 bits per heavy atom. The third-order valence-corrected chi connectivity index (χ3v) is 7.19. The Labute approximate surface area is 145 Å². The first kappa shape index (κ1) is 17.4. The van der Waals surface area contributed by atoms with Crippen LogP contribution in [0.5, 0.6) is 0 Å². The lowest BCUT2D eigenvalue weighted by molar-refractivity contribution is -0.118. The lowest BCUT2D eigenvalue weighted by Crippen LogP contribution is -2.38. The molecule has 0 spiro atoms. The number of nitrogens with zero attached hydrogens (tertiary/aromatic N) is 2. The van der Waals surface area contributed by atoms with Crippen molar-refractivity contribution in [2.24, 2.45) is 10.9 Å². The molecule has 2 atom stereocenters. The number of sulfone groups is 1. The second-order valence-electron chi connectivity index (χ2n) is 6.51. The Balaban J connectivity index is 1.99. The molecule has 0 saturated carbocycles. The molecule has 2 fully saturated rings. The zero-order chi connectivity index (χ0) is 17.5. The molecular formula is C16H19FN2O3S2. The molecule has 2 heterocycles. The summed E-state index contributed by atoms with van der Waals surface area (Å²) in [5.74, 6) is -0.556. The molecule has 0 N–H and O–H groups in total. The van der Waals surface area contributed by atoms with E-state index in [1.165, 1.54) is 17.8 Å². The summed E-state index contributed by atoms with van der Waals surface area (Å²) >= 11 is 1.26. The Hall–Kier alpha value is -1.41. The summed E-state index contributed by atoms with van der Waals surface area (Å²) in [6, 6.07) is 5.79. The van der Waals surface area contributed by atoms with E-state index in [1.807, 2.05) is 13.8 Å². The SMILES string of the molecule is CC(C)CC(=O)N=C1S[C@H]2CS(=O)(=O)C[C@@H]2N1c1ccccc1F. The van der Waals surface area contributed by atoms with Gasteiger partial charge in [0.25, 0.3) is 0 Å². The van der Waals surface area contributed by atoms with Crippen molar-refractivity contribution in [2.45, 2.75) is 31.6 Å². The van der Waals surface area contributed by atoms with E-state index in [1.54, 1.807) is 23.1 Å². The van der Waals surface area contributed by atoms with Gasteiger partial charge in [-0.25, -0.2) is 12.8 Å². The Morgan fingerprint density at radius 2 is 2.08 bits per heavy atom. The molecule has 130 valence electrons. The number of rotatable bonds is 3. The van der Waals surface area contributed by atoms with Gasteiger partial charge in [-0.2, -0.15) is 4.99 Å². The average Bonchev–Trinajstić information content (AvgIpc) is 2.90. The number of aliphatic imine (C=N–C) groups is 1. The van der Waals surface area contributed by atoms with E-state index >= 15 is 0 Å². The van der Waals surface area contributed by atoms with Gasteiger partial charge in [0.15, 0.2) is 15.0 Å². The monoisotopic (exact) mass is 370 g/mol. The molecule has 8 heteroatoms. The van der Waals surface area contributed by atoms with E-state index in [-0.39, 0.29) is 40.3 Å². The molecule has 0 unspecified atom stereocenters. The lowest BCUT2D eigenvalue weighted by Gasteiger charge is -2.24. The third-order valence-electron chi connectivity index (χ3n) is 3.98. The maximum Gasteiger partial charge on any atom is 0.248 e. The van der Waals surface area contributed by atoms with E-state index in [9.17, 15) is 17.6 Å². The van der Waals surface area contributed by atoms with Gasteiger partial charge in [0.05, 0.1) is 23.2 Å². The first-order chi connectivity index (χ1) is 11.3. The second kappa shape index (κ2) is 6.48. The number of para-hydroxylation sites is 1. The summed E-state index contributed by atoms with van der Waals surface area (Å²) in [6.07, 6.45) is 0.308. The quantitative estimate of drug-likeness (QED) is 0.818. The van der Waals surface area contributed by atoms with Crippen molar-refractivity contribution >= 4 is 38.4 Å². The van der Waals surface area contributed by atoms with Crippen LogP contribution in [0.4, 0.5) is 10.1 Å². The van der Waals surface area contributed by atoms with Crippen LogP contribution >= 0.6 is 11.8 Å². The largest absolute Gasteiger partial charge is 0.313 e. The predicted molar refractivity (Wildman–Crippen MR) is 94.6 cm³/mol. The van der Waals surface area contributed by atoms with Crippen molar-refractivity contribution < 1.29 is 17.6 Å². The van der Waals surface area contributed by atoms with E-state index in [0.717, 1.165) is 0 Å². The number of hydrogen-bond donors (Lipinski definition) is 0. The van der Waals surface area contributed by atoms with Crippen LogP contribution in [-0.2, 0) is 14.6 Å². The van der Waals surface area contributed by atoms with Crippen molar-refractivity contribution in [1.82, 2.24) is 0 Å². The fraction of sp³-hybridized carbons (Fsp3) is 0.500. The Bertz CT molecular complexity index is 792. The molecule has 1 amide bonds. The summed E-state index contributed by atoms with van der Waals surface area (Å²) in [5.41, 5.74) is 0.269. The summed E-state index contributed by atoms with van der Waals surface area (Å²) in [5, 5.41) is 0.177. The van der Waals surface area contributed by atoms with Crippen LogP contribution in [0.1, 0.15) is 20.3 Å². The Morgan fingerprint density at radius 1 is 1.38 bits per heavy atom. The van der Waals surface area contributed by atoms with Crippen LogP contribution in [0.3, 0.4) is 0 Å². The molecule has 0 aromatic heterocycles. The highest BCUT2D eigenvalue weighted by Crippen LogP contribution is 2.41. The molecule has 0 bridgehead atoms. The van der Waals surface area contributed by atoms with Crippen molar-refractivity contribution in [2.75, 3.05) is 16.4 Å². The highest BCUT2D eigenvalue weighted by Gasteiger charge is 2.49. The first-order valence-corrected chi connectivity index (χ1v) is 10.5. The van der Waals surface area contributed by atoms with Gasteiger partial charge < -0.3 is 4.90 Å². The van der Waals surface area contributed by atoms with E-state index in [2.05, 4.69) is 4.99 Å². The third kappa shape index (κ3) is 3.49. The minimum Gasteiger partial charge on any atom is -0.313 e. The first-order valence-electron chi connectivity index (χ1n) is 7.79. The van der Waals surface area contributed by atoms with Gasteiger partial charge in [0.1, 0.15) is 5.82 Å². The number of anilines is 1. The summed E-state index contributed by atoms with van der Waals surface area (Å²) < 4.78 is 38.2. The van der Waals surface area contributed by atoms with Gasteiger partial charge in [-0.3, -0.25) is 4.79 Å². The van der Waals surface area contributed by atoms with Crippen molar-refractivity contribution in [3.05, 3.63) is 30.1 Å². The molecule has 2 aliphatic rings. The number of hydrogen-bond acceptors (Lipinski definition) is 4. The van der Waals surface area contributed by atoms with Crippen LogP contribution in [0.25, 0.3) is 0 Å². The van der Waals surface area contributed by atoms with Gasteiger partial charge in [0.2, 0.25) is 5.91 Å². The number of amidine groups is 1. The fourth-order valence-corrected chi connectivity index (χ4v) is 6.92. The van der Waals surface area contributed by atoms with Crippen LogP contribution in [0.2, 0.25) is 0 Å². The molecule has 1 aromatic carbocycles. The molecular weight excluding hydrogens is 351 g/mol.